The number of amides is 1. The third kappa shape index (κ3) is 29.7. The van der Waals surface area contributed by atoms with Crippen molar-refractivity contribution in [3.63, 3.8) is 0 Å². The molecule has 1 rings (SSSR count). The standard InChI is InChI=1S/C48H93NO8/c1-3-5-7-9-11-13-15-17-18-19-20-21-22-23-24-25-26-28-30-32-34-36-38-44(52)49-41(40-56-48-47(55)46(54)45(53)43(39-50)57-48)42(51)37-35-33-31-29-27-16-14-12-10-8-6-4-2/h27,29,41-43,45-48,50-51,53-55H,3-26,28,30-40H2,1-2H3,(H,49,52)/b29-27+/t41-,42+,43-,45-,46?,47?,48-/m0/s1. The Morgan fingerprint density at radius 1 is 0.579 bits per heavy atom. The van der Waals surface area contributed by atoms with Gasteiger partial charge in [0.1, 0.15) is 24.4 Å². The highest BCUT2D eigenvalue weighted by Crippen LogP contribution is 2.23. The van der Waals surface area contributed by atoms with Crippen LogP contribution >= 0.6 is 0 Å². The van der Waals surface area contributed by atoms with E-state index in [0.717, 1.165) is 44.9 Å². The molecule has 1 amide bonds. The maximum atomic E-state index is 13.0. The van der Waals surface area contributed by atoms with Crippen LogP contribution < -0.4 is 5.32 Å². The maximum Gasteiger partial charge on any atom is 0.220 e. The van der Waals surface area contributed by atoms with E-state index >= 15 is 0 Å². The lowest BCUT2D eigenvalue weighted by atomic mass is 9.99. The number of hydrogen-bond donors (Lipinski definition) is 6. The van der Waals surface area contributed by atoms with Crippen molar-refractivity contribution in [1.29, 1.82) is 0 Å². The summed E-state index contributed by atoms with van der Waals surface area (Å²) in [5, 5.41) is 54.3. The van der Waals surface area contributed by atoms with Crippen molar-refractivity contribution in [2.24, 2.45) is 0 Å². The summed E-state index contributed by atoms with van der Waals surface area (Å²) in [6.07, 6.45) is 38.0. The van der Waals surface area contributed by atoms with Crippen LogP contribution in [0.5, 0.6) is 0 Å². The number of aliphatic hydroxyl groups is 5. The number of allylic oxidation sites excluding steroid dienone is 2. The zero-order chi connectivity index (χ0) is 41.6. The van der Waals surface area contributed by atoms with Gasteiger partial charge in [-0.25, -0.2) is 0 Å². The first-order valence-electron chi connectivity index (χ1n) is 24.4. The monoisotopic (exact) mass is 812 g/mol. The minimum atomic E-state index is -1.55. The Morgan fingerprint density at radius 3 is 1.42 bits per heavy atom. The number of nitrogens with one attached hydrogen (secondary N) is 1. The zero-order valence-electron chi connectivity index (χ0n) is 37.1. The van der Waals surface area contributed by atoms with Crippen LogP contribution in [0.25, 0.3) is 0 Å². The number of carbonyl (C=O) groups excluding carboxylic acids is 1. The predicted molar refractivity (Wildman–Crippen MR) is 235 cm³/mol. The number of hydrogen-bond acceptors (Lipinski definition) is 8. The molecule has 6 N–H and O–H groups in total. The molecule has 7 atom stereocenters. The topological polar surface area (TPSA) is 149 Å². The van der Waals surface area contributed by atoms with Crippen LogP contribution in [0.4, 0.5) is 0 Å². The third-order valence-electron chi connectivity index (χ3n) is 11.9. The van der Waals surface area contributed by atoms with E-state index in [1.54, 1.807) is 0 Å². The number of ether oxygens (including phenoxy) is 2. The van der Waals surface area contributed by atoms with Gasteiger partial charge in [0, 0.05) is 6.42 Å². The molecule has 0 bridgehead atoms. The number of carbonyl (C=O) groups is 1. The van der Waals surface area contributed by atoms with Crippen molar-refractivity contribution in [1.82, 2.24) is 5.32 Å². The molecule has 2 unspecified atom stereocenters. The molecule has 0 spiro atoms. The van der Waals surface area contributed by atoms with E-state index in [4.69, 9.17) is 9.47 Å². The molecule has 0 aromatic rings. The average molecular weight is 812 g/mol. The highest BCUT2D eigenvalue weighted by Gasteiger charge is 2.44. The number of rotatable bonds is 41. The van der Waals surface area contributed by atoms with Gasteiger partial charge in [0.15, 0.2) is 6.29 Å². The van der Waals surface area contributed by atoms with Gasteiger partial charge in [-0.05, 0) is 38.5 Å². The molecule has 0 saturated carbocycles. The van der Waals surface area contributed by atoms with Gasteiger partial charge in [0.2, 0.25) is 5.91 Å². The Balaban J connectivity index is 2.24. The highest BCUT2D eigenvalue weighted by molar-refractivity contribution is 5.76. The summed E-state index contributed by atoms with van der Waals surface area (Å²) < 4.78 is 11.2. The van der Waals surface area contributed by atoms with Crippen molar-refractivity contribution in [3.05, 3.63) is 12.2 Å². The minimum absolute atomic E-state index is 0.146. The number of aliphatic hydroxyl groups excluding tert-OH is 5. The second kappa shape index (κ2) is 39.1. The van der Waals surface area contributed by atoms with Crippen molar-refractivity contribution in [2.45, 2.75) is 275 Å². The van der Waals surface area contributed by atoms with Crippen LogP contribution in [0, 0.1) is 0 Å². The lowest BCUT2D eigenvalue weighted by Crippen LogP contribution is -2.60. The Morgan fingerprint density at radius 2 is 0.982 bits per heavy atom. The molecule has 1 aliphatic heterocycles. The first kappa shape index (κ1) is 53.9. The molecule has 0 aromatic carbocycles. The van der Waals surface area contributed by atoms with Gasteiger partial charge >= 0.3 is 0 Å². The Bertz CT molecular complexity index is 904. The minimum Gasteiger partial charge on any atom is -0.394 e. The molecule has 9 nitrogen and oxygen atoms in total. The summed E-state index contributed by atoms with van der Waals surface area (Å²) in [5.74, 6) is -0.151. The summed E-state index contributed by atoms with van der Waals surface area (Å²) in [5.41, 5.74) is 0. The predicted octanol–water partition coefficient (Wildman–Crippen LogP) is 10.5. The molecule has 1 fully saturated rings. The van der Waals surface area contributed by atoms with Gasteiger partial charge < -0.3 is 40.3 Å². The third-order valence-corrected chi connectivity index (χ3v) is 11.9. The van der Waals surface area contributed by atoms with Crippen molar-refractivity contribution in [3.8, 4) is 0 Å². The molecular weight excluding hydrogens is 719 g/mol. The van der Waals surface area contributed by atoms with E-state index in [0.29, 0.717) is 12.8 Å². The summed E-state index contributed by atoms with van der Waals surface area (Å²) in [6.45, 7) is 3.82. The fourth-order valence-corrected chi connectivity index (χ4v) is 7.92. The fraction of sp³-hybridized carbons (Fsp3) is 0.938. The second-order valence-corrected chi connectivity index (χ2v) is 17.3. The maximum absolute atomic E-state index is 13.0. The molecule has 57 heavy (non-hydrogen) atoms. The van der Waals surface area contributed by atoms with Crippen LogP contribution in [-0.2, 0) is 14.3 Å². The van der Waals surface area contributed by atoms with Gasteiger partial charge in [0.25, 0.3) is 0 Å². The quantitative estimate of drug-likeness (QED) is 0.0264. The highest BCUT2D eigenvalue weighted by atomic mass is 16.7. The van der Waals surface area contributed by atoms with E-state index in [-0.39, 0.29) is 12.5 Å². The van der Waals surface area contributed by atoms with Crippen LogP contribution in [0.1, 0.15) is 232 Å². The molecule has 0 aliphatic carbocycles. The van der Waals surface area contributed by atoms with Crippen molar-refractivity contribution >= 4 is 5.91 Å². The van der Waals surface area contributed by atoms with E-state index < -0.39 is 49.5 Å². The van der Waals surface area contributed by atoms with Crippen LogP contribution in [-0.4, -0.2) is 87.5 Å². The Hall–Kier alpha value is -1.07. The lowest BCUT2D eigenvalue weighted by Gasteiger charge is -2.40. The summed E-state index contributed by atoms with van der Waals surface area (Å²) in [7, 11) is 0. The van der Waals surface area contributed by atoms with Gasteiger partial charge in [0.05, 0.1) is 25.4 Å². The van der Waals surface area contributed by atoms with E-state index in [2.05, 4.69) is 31.3 Å². The van der Waals surface area contributed by atoms with Gasteiger partial charge in [-0.3, -0.25) is 4.79 Å². The zero-order valence-corrected chi connectivity index (χ0v) is 37.1. The molecule has 9 heteroatoms. The molecule has 338 valence electrons. The average Bonchev–Trinajstić information content (AvgIpc) is 3.21. The summed E-state index contributed by atoms with van der Waals surface area (Å²) >= 11 is 0. The first-order valence-corrected chi connectivity index (χ1v) is 24.4. The van der Waals surface area contributed by atoms with Crippen LogP contribution in [0.15, 0.2) is 12.2 Å². The molecule has 0 aromatic heterocycles. The molecule has 1 saturated heterocycles. The molecule has 0 radical (unpaired) electrons. The summed E-state index contributed by atoms with van der Waals surface area (Å²) in [6, 6.07) is -0.729. The second-order valence-electron chi connectivity index (χ2n) is 17.3. The van der Waals surface area contributed by atoms with E-state index in [1.165, 1.54) is 161 Å². The van der Waals surface area contributed by atoms with Crippen molar-refractivity contribution in [2.75, 3.05) is 13.2 Å². The summed E-state index contributed by atoms with van der Waals surface area (Å²) in [4.78, 5) is 13.0. The van der Waals surface area contributed by atoms with E-state index in [9.17, 15) is 30.3 Å². The van der Waals surface area contributed by atoms with Gasteiger partial charge in [-0.2, -0.15) is 0 Å². The van der Waals surface area contributed by atoms with Gasteiger partial charge in [-0.15, -0.1) is 0 Å². The fourth-order valence-electron chi connectivity index (χ4n) is 7.92. The van der Waals surface area contributed by atoms with Crippen LogP contribution in [0.2, 0.25) is 0 Å². The molecule has 1 heterocycles. The van der Waals surface area contributed by atoms with Crippen LogP contribution in [0.3, 0.4) is 0 Å². The van der Waals surface area contributed by atoms with Gasteiger partial charge in [-0.1, -0.05) is 199 Å². The Kier molecular flexibility index (Phi) is 37.0. The van der Waals surface area contributed by atoms with E-state index in [1.807, 2.05) is 0 Å². The smallest absolute Gasteiger partial charge is 0.220 e. The number of unbranched alkanes of at least 4 members (excludes halogenated alkanes) is 29. The first-order chi connectivity index (χ1) is 27.8. The molecular formula is C48H93NO8. The SMILES string of the molecule is CCCCCCCC/C=C/CCCC[C@@H](O)[C@H](CO[C@H]1O[C@@H](CO)[C@H](O)C(O)C1O)NC(=O)CCCCCCCCCCCCCCCCCCCCCCCC. The molecule has 1 aliphatic rings. The largest absolute Gasteiger partial charge is 0.394 e. The Labute approximate surface area is 350 Å². The lowest BCUT2D eigenvalue weighted by molar-refractivity contribution is -0.302. The normalized spacial score (nSPS) is 21.0. The van der Waals surface area contributed by atoms with Crippen molar-refractivity contribution < 1.29 is 39.8 Å².